The van der Waals surface area contributed by atoms with Gasteiger partial charge in [-0.3, -0.25) is 0 Å². The van der Waals surface area contributed by atoms with Gasteiger partial charge >= 0.3 is 18.9 Å². The maximum atomic E-state index is 8.03. The molecule has 0 saturated heterocycles. The minimum absolute atomic E-state index is 0. The van der Waals surface area contributed by atoms with Gasteiger partial charge in [0.05, 0.1) is 0 Å². The first kappa shape index (κ1) is 9.20. The zero-order valence-electron chi connectivity index (χ0n) is 5.78. The number of hydrogen-bond acceptors (Lipinski definition) is 0. The van der Waals surface area contributed by atoms with E-state index in [0.717, 1.165) is 5.56 Å². The molecule has 0 saturated carbocycles. The van der Waals surface area contributed by atoms with Crippen LogP contribution in [0.15, 0.2) is 30.3 Å². The average Bonchev–Trinajstić information content (AvgIpc) is 1.91. The van der Waals surface area contributed by atoms with Crippen LogP contribution >= 0.6 is 0 Å². The van der Waals surface area contributed by atoms with Gasteiger partial charge < -0.3 is 5.53 Å². The van der Waals surface area contributed by atoms with Gasteiger partial charge in [-0.25, -0.2) is 4.79 Å². The monoisotopic (exact) mass is 124 g/mol. The average molecular weight is 124 g/mol. The van der Waals surface area contributed by atoms with Crippen LogP contribution in [0.5, 0.6) is 0 Å². The third-order valence-electron chi connectivity index (χ3n) is 0.953. The summed E-state index contributed by atoms with van der Waals surface area (Å²) in [6, 6.07) is 9.21. The summed E-state index contributed by atoms with van der Waals surface area (Å²) in [4.78, 5) is 2.76. The Balaban J connectivity index is 0.000000810. The van der Waals surface area contributed by atoms with Gasteiger partial charge in [0, 0.05) is 0 Å². The van der Waals surface area contributed by atoms with Gasteiger partial charge in [0.15, 0.2) is 0 Å². The standard InChI is InChI=1S/C7H5N2.Li/c8-9-6-7-4-2-1-3-5-7;/h1-5H;/q-1;+1. The van der Waals surface area contributed by atoms with E-state index in [-0.39, 0.29) is 18.9 Å². The maximum Gasteiger partial charge on any atom is 1.00 e. The molecule has 0 bridgehead atoms. The van der Waals surface area contributed by atoms with Gasteiger partial charge in [-0.15, -0.1) is 17.7 Å². The van der Waals surface area contributed by atoms with Crippen LogP contribution in [0.1, 0.15) is 5.56 Å². The van der Waals surface area contributed by atoms with Crippen LogP contribution in [0, 0.1) is 0 Å². The summed E-state index contributed by atoms with van der Waals surface area (Å²) < 4.78 is 0. The predicted molar refractivity (Wildman–Crippen MR) is 34.2 cm³/mol. The Bertz CT molecular complexity index is 227. The minimum Gasteiger partial charge on any atom is -0.377 e. The number of benzene rings is 1. The molecule has 44 valence electrons. The molecule has 0 aliphatic rings. The molecule has 3 heteroatoms. The normalized spacial score (nSPS) is 7.20. The van der Waals surface area contributed by atoms with E-state index in [1.54, 1.807) is 12.1 Å². The molecule has 0 spiro atoms. The summed E-state index contributed by atoms with van der Waals surface area (Å²) in [6.45, 7) is 0. The SMILES string of the molecule is [Li+].[N-]=[N+]=[C-]c1ccccc1. The molecule has 2 nitrogen and oxygen atoms in total. The van der Waals surface area contributed by atoms with Crippen molar-refractivity contribution in [2.24, 2.45) is 0 Å². The molecule has 0 unspecified atom stereocenters. The van der Waals surface area contributed by atoms with Gasteiger partial charge in [0.1, 0.15) is 0 Å². The molecule has 0 aliphatic carbocycles. The first-order chi connectivity index (χ1) is 4.43. The first-order valence-corrected chi connectivity index (χ1v) is 2.58. The van der Waals surface area contributed by atoms with Gasteiger partial charge in [0.2, 0.25) is 6.21 Å². The molecular formula is C7H5LiN2. The summed E-state index contributed by atoms with van der Waals surface area (Å²) in [7, 11) is 0. The Morgan fingerprint density at radius 3 is 2.30 bits per heavy atom. The Morgan fingerprint density at radius 1 is 1.20 bits per heavy atom. The van der Waals surface area contributed by atoms with Crippen molar-refractivity contribution in [3.8, 4) is 0 Å². The molecule has 0 aliphatic heterocycles. The third kappa shape index (κ3) is 2.66. The molecule has 0 fully saturated rings. The van der Waals surface area contributed by atoms with E-state index in [4.69, 9.17) is 5.53 Å². The van der Waals surface area contributed by atoms with Crippen molar-refractivity contribution < 1.29 is 23.7 Å². The molecule has 0 amide bonds. The summed E-state index contributed by atoms with van der Waals surface area (Å²) >= 11 is 0. The van der Waals surface area contributed by atoms with Crippen molar-refractivity contribution in [3.05, 3.63) is 41.4 Å². The van der Waals surface area contributed by atoms with Crippen LogP contribution in [0.3, 0.4) is 0 Å². The smallest absolute Gasteiger partial charge is 0.377 e. The summed E-state index contributed by atoms with van der Waals surface area (Å²) in [5, 5.41) is 0. The van der Waals surface area contributed by atoms with E-state index < -0.39 is 0 Å². The van der Waals surface area contributed by atoms with Gasteiger partial charge in [-0.1, -0.05) is 6.07 Å². The van der Waals surface area contributed by atoms with E-state index in [1.165, 1.54) is 0 Å². The fourth-order valence-corrected chi connectivity index (χ4v) is 0.570. The molecule has 0 N–H and O–H groups in total. The van der Waals surface area contributed by atoms with E-state index in [2.05, 4.69) is 11.0 Å². The van der Waals surface area contributed by atoms with Crippen molar-refractivity contribution >= 4 is 6.21 Å². The molecule has 0 atom stereocenters. The molecule has 1 rings (SSSR count). The molecule has 0 heterocycles. The second kappa shape index (κ2) is 5.02. The van der Waals surface area contributed by atoms with E-state index in [0.29, 0.717) is 0 Å². The van der Waals surface area contributed by atoms with Crippen molar-refractivity contribution in [2.45, 2.75) is 0 Å². The Kier molecular flexibility index (Phi) is 4.62. The Labute approximate surface area is 71.7 Å². The molecule has 1 aromatic carbocycles. The van der Waals surface area contributed by atoms with E-state index >= 15 is 0 Å². The van der Waals surface area contributed by atoms with Gasteiger partial charge in [-0.2, -0.15) is 12.1 Å². The van der Waals surface area contributed by atoms with Crippen LogP contribution in [-0.4, -0.2) is 11.0 Å². The largest absolute Gasteiger partial charge is 1.00 e. The maximum absolute atomic E-state index is 8.03. The van der Waals surface area contributed by atoms with Crippen LogP contribution < -0.4 is 18.9 Å². The Hall–Kier alpha value is -0.803. The second-order valence-corrected chi connectivity index (χ2v) is 1.58. The summed E-state index contributed by atoms with van der Waals surface area (Å²) in [5.74, 6) is 0. The van der Waals surface area contributed by atoms with E-state index in [1.807, 2.05) is 18.2 Å². The summed E-state index contributed by atoms with van der Waals surface area (Å²) in [6.07, 6.45) is 2.39. The van der Waals surface area contributed by atoms with Crippen LogP contribution in [0.2, 0.25) is 0 Å². The number of nitrogens with zero attached hydrogens (tertiary/aromatic N) is 2. The Morgan fingerprint density at radius 2 is 1.80 bits per heavy atom. The molecule has 10 heavy (non-hydrogen) atoms. The first-order valence-electron chi connectivity index (χ1n) is 2.58. The molecule has 0 aromatic heterocycles. The van der Waals surface area contributed by atoms with Crippen molar-refractivity contribution in [2.75, 3.05) is 0 Å². The number of rotatable bonds is 1. The second-order valence-electron chi connectivity index (χ2n) is 1.58. The van der Waals surface area contributed by atoms with Crippen LogP contribution in [0.4, 0.5) is 0 Å². The minimum atomic E-state index is 0. The van der Waals surface area contributed by atoms with Crippen LogP contribution in [-0.2, 0) is 0 Å². The predicted octanol–water partition coefficient (Wildman–Crippen LogP) is -1.78. The zero-order chi connectivity index (χ0) is 6.53. The van der Waals surface area contributed by atoms with E-state index in [9.17, 15) is 0 Å². The number of hydrogen-bond donors (Lipinski definition) is 0. The van der Waals surface area contributed by atoms with Crippen molar-refractivity contribution in [1.29, 1.82) is 0 Å². The third-order valence-corrected chi connectivity index (χ3v) is 0.953. The van der Waals surface area contributed by atoms with Crippen molar-refractivity contribution in [3.63, 3.8) is 0 Å². The zero-order valence-corrected chi connectivity index (χ0v) is 5.78. The van der Waals surface area contributed by atoms with Crippen molar-refractivity contribution in [1.82, 2.24) is 0 Å². The summed E-state index contributed by atoms with van der Waals surface area (Å²) in [5.41, 5.74) is 8.81. The fourth-order valence-electron chi connectivity index (χ4n) is 0.570. The van der Waals surface area contributed by atoms with Gasteiger partial charge in [0.25, 0.3) is 0 Å². The quantitative estimate of drug-likeness (QED) is 0.139. The topological polar surface area (TPSA) is 36.4 Å². The molecule has 1 aromatic rings. The molecule has 0 radical (unpaired) electrons. The van der Waals surface area contributed by atoms with Gasteiger partial charge in [-0.05, 0) is 0 Å². The fraction of sp³-hybridized carbons (Fsp3) is 0. The van der Waals surface area contributed by atoms with Crippen LogP contribution in [0.25, 0.3) is 5.53 Å². The molecular weight excluding hydrogens is 119 g/mol.